The summed E-state index contributed by atoms with van der Waals surface area (Å²) in [5, 5.41) is 0. The number of hydrogen-bond donors (Lipinski definition) is 0. The Morgan fingerprint density at radius 1 is 0.647 bits per heavy atom. The summed E-state index contributed by atoms with van der Waals surface area (Å²) in [6.45, 7) is 0. The average molecular weight is 294 g/mol. The van der Waals surface area contributed by atoms with Crippen molar-refractivity contribution in [2.75, 3.05) is 0 Å². The Hall–Kier alpha value is 0.230. The summed E-state index contributed by atoms with van der Waals surface area (Å²) in [5.74, 6) is -21.3. The standard InChI is InChI=1S/C5HF11.Na.H/c6-1(7)2(8,9)3(10,11)4(12,13)5(14,15)16;;/h1H;;/q;+1;-1. The molecule has 17 heavy (non-hydrogen) atoms. The molecule has 0 rings (SSSR count). The van der Waals surface area contributed by atoms with Crippen LogP contribution in [0.4, 0.5) is 48.3 Å². The smallest absolute Gasteiger partial charge is 1.00 e. The van der Waals surface area contributed by atoms with Gasteiger partial charge < -0.3 is 1.43 Å². The van der Waals surface area contributed by atoms with E-state index in [2.05, 4.69) is 0 Å². The summed E-state index contributed by atoms with van der Waals surface area (Å²) in [7, 11) is 0. The molecule has 0 bridgehead atoms. The maximum absolute atomic E-state index is 12.0. The van der Waals surface area contributed by atoms with Gasteiger partial charge in [0.2, 0.25) is 0 Å². The predicted octanol–water partition coefficient (Wildman–Crippen LogP) is 0.836. The Labute approximate surface area is 110 Å². The van der Waals surface area contributed by atoms with Crippen LogP contribution in [0, 0.1) is 0 Å². The third kappa shape index (κ3) is 2.98. The average Bonchev–Trinajstić information content (AvgIpc) is 2.00. The van der Waals surface area contributed by atoms with E-state index in [9.17, 15) is 48.3 Å². The van der Waals surface area contributed by atoms with Crippen molar-refractivity contribution in [3.05, 3.63) is 0 Å². The fourth-order valence-corrected chi connectivity index (χ4v) is 0.524. The zero-order chi connectivity index (χ0) is 13.6. The first-order valence-electron chi connectivity index (χ1n) is 3.18. The van der Waals surface area contributed by atoms with E-state index < -0.39 is 30.4 Å². The molecule has 0 aliphatic rings. The topological polar surface area (TPSA) is 0 Å². The minimum absolute atomic E-state index is 0. The largest absolute Gasteiger partial charge is 1.00 e. The van der Waals surface area contributed by atoms with Gasteiger partial charge in [-0.15, -0.1) is 0 Å². The molecule has 0 aliphatic carbocycles. The van der Waals surface area contributed by atoms with Crippen molar-refractivity contribution >= 4 is 0 Å². The van der Waals surface area contributed by atoms with Gasteiger partial charge in [0.15, 0.2) is 0 Å². The molecule has 0 nitrogen and oxygen atoms in total. The molecule has 0 amide bonds. The second kappa shape index (κ2) is 5.08. The second-order valence-corrected chi connectivity index (χ2v) is 2.57. The summed E-state index contributed by atoms with van der Waals surface area (Å²) in [6, 6.07) is 0. The summed E-state index contributed by atoms with van der Waals surface area (Å²) >= 11 is 0. The normalized spacial score (nSPS) is 14.8. The van der Waals surface area contributed by atoms with Gasteiger partial charge in [-0.1, -0.05) is 0 Å². The molecule has 0 aromatic heterocycles. The van der Waals surface area contributed by atoms with E-state index in [4.69, 9.17) is 0 Å². The molecule has 100 valence electrons. The van der Waals surface area contributed by atoms with Crippen molar-refractivity contribution in [2.24, 2.45) is 0 Å². The molecule has 12 heteroatoms. The van der Waals surface area contributed by atoms with Crippen LogP contribution in [0.2, 0.25) is 0 Å². The number of rotatable bonds is 3. The van der Waals surface area contributed by atoms with Gasteiger partial charge in [0.05, 0.1) is 0 Å². The molecule has 0 spiro atoms. The van der Waals surface area contributed by atoms with Crippen molar-refractivity contribution in [1.82, 2.24) is 0 Å². The Bertz CT molecular complexity index is 259. The molecule has 0 aromatic carbocycles. The molecule has 0 heterocycles. The van der Waals surface area contributed by atoms with Crippen LogP contribution in [0.3, 0.4) is 0 Å². The fourth-order valence-electron chi connectivity index (χ4n) is 0.524. The van der Waals surface area contributed by atoms with Crippen LogP contribution in [0.15, 0.2) is 0 Å². The van der Waals surface area contributed by atoms with E-state index in [-0.39, 0.29) is 31.0 Å². The molecule has 0 saturated heterocycles. The van der Waals surface area contributed by atoms with Crippen molar-refractivity contribution in [3.63, 3.8) is 0 Å². The van der Waals surface area contributed by atoms with Crippen LogP contribution >= 0.6 is 0 Å². The summed E-state index contributed by atoms with van der Waals surface area (Å²) in [5.41, 5.74) is 0. The third-order valence-electron chi connectivity index (χ3n) is 1.44. The zero-order valence-electron chi connectivity index (χ0n) is 8.73. The van der Waals surface area contributed by atoms with Gasteiger partial charge in [-0.05, 0) is 0 Å². The van der Waals surface area contributed by atoms with Crippen LogP contribution < -0.4 is 29.6 Å². The van der Waals surface area contributed by atoms with Gasteiger partial charge >= 0.3 is 59.9 Å². The van der Waals surface area contributed by atoms with Crippen LogP contribution in [0.1, 0.15) is 1.43 Å². The molecule has 0 fully saturated rings. The number of halogens is 11. The van der Waals surface area contributed by atoms with Crippen molar-refractivity contribution in [1.29, 1.82) is 0 Å². The van der Waals surface area contributed by atoms with Gasteiger partial charge in [0, 0.05) is 0 Å². The first-order chi connectivity index (χ1) is 6.69. The quantitative estimate of drug-likeness (QED) is 0.534. The van der Waals surface area contributed by atoms with Crippen LogP contribution in [0.25, 0.3) is 0 Å². The third-order valence-corrected chi connectivity index (χ3v) is 1.44. The molecule has 0 atom stereocenters. The maximum Gasteiger partial charge on any atom is 1.00 e. The summed E-state index contributed by atoms with van der Waals surface area (Å²) < 4.78 is 128. The number of alkyl halides is 11. The molecular weight excluding hydrogens is 292 g/mol. The van der Waals surface area contributed by atoms with Crippen molar-refractivity contribution in [2.45, 2.75) is 30.4 Å². The summed E-state index contributed by atoms with van der Waals surface area (Å²) in [4.78, 5) is 0. The molecule has 0 N–H and O–H groups in total. The van der Waals surface area contributed by atoms with Crippen LogP contribution in [-0.2, 0) is 0 Å². The molecule has 0 saturated carbocycles. The minimum Gasteiger partial charge on any atom is -1.00 e. The van der Waals surface area contributed by atoms with E-state index in [0.29, 0.717) is 0 Å². The van der Waals surface area contributed by atoms with E-state index in [1.54, 1.807) is 0 Å². The van der Waals surface area contributed by atoms with Gasteiger partial charge in [-0.2, -0.15) is 39.5 Å². The Morgan fingerprint density at radius 2 is 0.941 bits per heavy atom. The number of hydrogen-bond acceptors (Lipinski definition) is 0. The minimum atomic E-state index is -7.26. The van der Waals surface area contributed by atoms with E-state index in [0.717, 1.165) is 0 Å². The van der Waals surface area contributed by atoms with Crippen molar-refractivity contribution < 1.29 is 79.3 Å². The van der Waals surface area contributed by atoms with Crippen LogP contribution in [0.5, 0.6) is 0 Å². The Morgan fingerprint density at radius 3 is 1.12 bits per heavy atom. The van der Waals surface area contributed by atoms with Gasteiger partial charge in [0.25, 0.3) is 0 Å². The van der Waals surface area contributed by atoms with E-state index in [1.807, 2.05) is 0 Å². The molecule has 0 unspecified atom stereocenters. The zero-order valence-corrected chi connectivity index (χ0v) is 9.73. The summed E-state index contributed by atoms with van der Waals surface area (Å²) in [6.07, 6.45) is -12.4. The molecule has 0 aliphatic heterocycles. The van der Waals surface area contributed by atoms with Crippen molar-refractivity contribution in [3.8, 4) is 0 Å². The monoisotopic (exact) mass is 294 g/mol. The Balaban J connectivity index is -0.00000112. The fraction of sp³-hybridized carbons (Fsp3) is 1.00. The molecule has 0 radical (unpaired) electrons. The van der Waals surface area contributed by atoms with Gasteiger partial charge in [-0.3, -0.25) is 0 Å². The maximum atomic E-state index is 12.0. The Kier molecular flexibility index (Phi) is 5.84. The van der Waals surface area contributed by atoms with E-state index in [1.165, 1.54) is 0 Å². The molecular formula is C5H2F11Na. The van der Waals surface area contributed by atoms with E-state index >= 15 is 0 Å². The van der Waals surface area contributed by atoms with Gasteiger partial charge in [-0.25, -0.2) is 8.78 Å². The first-order valence-corrected chi connectivity index (χ1v) is 3.18. The SMILES string of the molecule is FC(F)C(F)(F)C(F)(F)C(F)(F)C(F)(F)F.[H-].[Na+]. The first kappa shape index (κ1) is 19.6. The molecule has 0 aromatic rings. The van der Waals surface area contributed by atoms with Crippen LogP contribution in [-0.4, -0.2) is 30.4 Å². The second-order valence-electron chi connectivity index (χ2n) is 2.57. The predicted molar refractivity (Wildman–Crippen MR) is 28.0 cm³/mol. The van der Waals surface area contributed by atoms with Gasteiger partial charge in [0.1, 0.15) is 0 Å².